The van der Waals surface area contributed by atoms with Crippen molar-refractivity contribution in [1.82, 2.24) is 34.1 Å². The van der Waals surface area contributed by atoms with Crippen molar-refractivity contribution < 1.29 is 0 Å². The summed E-state index contributed by atoms with van der Waals surface area (Å²) in [7, 11) is 0. The maximum absolute atomic E-state index is 6.07. The average molecular weight is 308 g/mol. The van der Waals surface area contributed by atoms with Gasteiger partial charge in [-0.1, -0.05) is 0 Å². The van der Waals surface area contributed by atoms with E-state index in [-0.39, 0.29) is 0 Å². The van der Waals surface area contributed by atoms with E-state index in [2.05, 4.69) is 38.7 Å². The van der Waals surface area contributed by atoms with Gasteiger partial charge in [0, 0.05) is 13.1 Å². The van der Waals surface area contributed by atoms with E-state index in [0.717, 1.165) is 41.6 Å². The number of rotatable bonds is 5. The zero-order valence-electron chi connectivity index (χ0n) is 12.4. The first-order valence-electron chi connectivity index (χ1n) is 7.04. The Morgan fingerprint density at radius 2 is 2.00 bits per heavy atom. The second-order valence-corrected chi connectivity index (χ2v) is 5.12. The number of hydrogen-bond donors (Lipinski definition) is 0. The van der Waals surface area contributed by atoms with Gasteiger partial charge >= 0.3 is 0 Å². The van der Waals surface area contributed by atoms with Gasteiger partial charge in [0.05, 0.1) is 18.1 Å². The van der Waals surface area contributed by atoms with Crippen molar-refractivity contribution in [2.45, 2.75) is 46.3 Å². The molecule has 0 atom stereocenters. The fourth-order valence-corrected chi connectivity index (χ4v) is 2.77. The quantitative estimate of drug-likeness (QED) is 0.676. The Morgan fingerprint density at radius 3 is 2.67 bits per heavy atom. The Kier molecular flexibility index (Phi) is 3.67. The summed E-state index contributed by atoms with van der Waals surface area (Å²) in [6.07, 6.45) is 1.74. The van der Waals surface area contributed by atoms with E-state index in [1.807, 2.05) is 16.2 Å². The molecule has 0 radical (unpaired) electrons. The third-order valence-electron chi connectivity index (χ3n) is 3.63. The molecule has 0 aliphatic carbocycles. The monoisotopic (exact) mass is 307 g/mol. The Balaban J connectivity index is 2.15. The normalized spacial score (nSPS) is 11.6. The van der Waals surface area contributed by atoms with Crippen LogP contribution in [-0.4, -0.2) is 34.1 Å². The van der Waals surface area contributed by atoms with Crippen LogP contribution in [0.15, 0.2) is 6.33 Å². The number of imidazole rings is 1. The second kappa shape index (κ2) is 5.48. The predicted molar refractivity (Wildman–Crippen MR) is 80.3 cm³/mol. The van der Waals surface area contributed by atoms with Gasteiger partial charge in [0.2, 0.25) is 0 Å². The molecule has 112 valence electrons. The summed E-state index contributed by atoms with van der Waals surface area (Å²) in [5.74, 6) is 2.09. The van der Waals surface area contributed by atoms with E-state index in [1.165, 1.54) is 0 Å². The van der Waals surface area contributed by atoms with Crippen LogP contribution in [0.4, 0.5) is 0 Å². The molecular weight excluding hydrogens is 290 g/mol. The molecule has 21 heavy (non-hydrogen) atoms. The molecule has 3 aromatic heterocycles. The zero-order valence-corrected chi connectivity index (χ0v) is 13.2. The van der Waals surface area contributed by atoms with Gasteiger partial charge in [0.15, 0.2) is 11.5 Å². The van der Waals surface area contributed by atoms with Crippen LogP contribution in [0.1, 0.15) is 31.2 Å². The Morgan fingerprint density at radius 1 is 1.19 bits per heavy atom. The molecule has 0 N–H and O–H groups in total. The van der Waals surface area contributed by atoms with Crippen molar-refractivity contribution in [2.75, 3.05) is 0 Å². The van der Waals surface area contributed by atoms with Crippen molar-refractivity contribution >= 4 is 22.8 Å². The number of fused-ring (bicyclic) bond motifs is 1. The van der Waals surface area contributed by atoms with Gasteiger partial charge in [-0.05, 0) is 20.8 Å². The number of halogens is 1. The predicted octanol–water partition coefficient (Wildman–Crippen LogP) is 1.96. The average Bonchev–Trinajstić information content (AvgIpc) is 3.16. The smallest absolute Gasteiger partial charge is 0.159 e. The zero-order chi connectivity index (χ0) is 15.0. The van der Waals surface area contributed by atoms with Gasteiger partial charge < -0.3 is 9.13 Å². The van der Waals surface area contributed by atoms with E-state index >= 15 is 0 Å². The van der Waals surface area contributed by atoms with E-state index in [4.69, 9.17) is 11.6 Å². The molecular formula is C13H18ClN7. The summed E-state index contributed by atoms with van der Waals surface area (Å²) in [6.45, 7) is 8.33. The van der Waals surface area contributed by atoms with Gasteiger partial charge in [0.25, 0.3) is 0 Å². The Bertz CT molecular complexity index is 767. The minimum Gasteiger partial charge on any atom is -0.316 e. The molecule has 0 saturated carbocycles. The second-order valence-electron chi connectivity index (χ2n) is 4.85. The minimum atomic E-state index is 0.359. The molecule has 0 aromatic carbocycles. The largest absolute Gasteiger partial charge is 0.316 e. The van der Waals surface area contributed by atoms with Gasteiger partial charge in [-0.3, -0.25) is 0 Å². The lowest BCUT2D eigenvalue weighted by Crippen LogP contribution is -2.12. The lowest BCUT2D eigenvalue weighted by Gasteiger charge is -2.09. The van der Waals surface area contributed by atoms with Crippen LogP contribution in [0.5, 0.6) is 0 Å². The molecule has 0 amide bonds. The maximum Gasteiger partial charge on any atom is 0.159 e. The first-order chi connectivity index (χ1) is 10.2. The number of aryl methyl sites for hydroxylation is 3. The van der Waals surface area contributed by atoms with Crippen molar-refractivity contribution in [1.29, 1.82) is 0 Å². The van der Waals surface area contributed by atoms with Crippen LogP contribution < -0.4 is 0 Å². The standard InChI is InChI=1S/C13H18ClN7/c1-4-19-8-15-17-11(19)7-20-10(6-14)16-12-9(3)18-21(5-2)13(12)20/h8H,4-7H2,1-3H3. The highest BCUT2D eigenvalue weighted by molar-refractivity contribution is 6.16. The van der Waals surface area contributed by atoms with Crippen LogP contribution in [-0.2, 0) is 25.5 Å². The van der Waals surface area contributed by atoms with Crippen LogP contribution >= 0.6 is 11.6 Å². The fraction of sp³-hybridized carbons (Fsp3) is 0.538. The van der Waals surface area contributed by atoms with Crippen molar-refractivity contribution in [3.63, 3.8) is 0 Å². The summed E-state index contributed by atoms with van der Waals surface area (Å²) in [4.78, 5) is 4.63. The van der Waals surface area contributed by atoms with E-state index in [0.29, 0.717) is 12.4 Å². The summed E-state index contributed by atoms with van der Waals surface area (Å²) in [5, 5.41) is 12.7. The first kappa shape index (κ1) is 14.1. The van der Waals surface area contributed by atoms with Gasteiger partial charge in [-0.25, -0.2) is 9.67 Å². The lowest BCUT2D eigenvalue weighted by molar-refractivity contribution is 0.610. The lowest BCUT2D eigenvalue weighted by atomic mass is 10.4. The van der Waals surface area contributed by atoms with E-state index in [1.54, 1.807) is 6.33 Å². The Hall–Kier alpha value is -1.89. The molecule has 0 bridgehead atoms. The molecule has 0 unspecified atom stereocenters. The summed E-state index contributed by atoms with van der Waals surface area (Å²) in [6, 6.07) is 0. The maximum atomic E-state index is 6.07. The third kappa shape index (κ3) is 2.21. The minimum absolute atomic E-state index is 0.359. The van der Waals surface area contributed by atoms with Gasteiger partial charge in [0.1, 0.15) is 17.7 Å². The number of nitrogens with zero attached hydrogens (tertiary/aromatic N) is 7. The highest BCUT2D eigenvalue weighted by Gasteiger charge is 2.19. The number of alkyl halides is 1. The van der Waals surface area contributed by atoms with Crippen molar-refractivity contribution in [2.24, 2.45) is 0 Å². The fourth-order valence-electron chi connectivity index (χ4n) is 2.57. The van der Waals surface area contributed by atoms with Crippen LogP contribution in [0.25, 0.3) is 11.2 Å². The molecule has 0 saturated heterocycles. The van der Waals surface area contributed by atoms with Crippen LogP contribution in [0, 0.1) is 6.92 Å². The molecule has 0 aliphatic heterocycles. The molecule has 3 heterocycles. The highest BCUT2D eigenvalue weighted by atomic mass is 35.5. The van der Waals surface area contributed by atoms with Crippen LogP contribution in [0.2, 0.25) is 0 Å². The highest BCUT2D eigenvalue weighted by Crippen LogP contribution is 2.21. The SMILES string of the molecule is CCn1cnnc1Cn1c(CCl)nc2c(C)nn(CC)c21. The molecule has 3 rings (SSSR count). The third-order valence-corrected chi connectivity index (χ3v) is 3.87. The van der Waals surface area contributed by atoms with Gasteiger partial charge in [-0.15, -0.1) is 21.8 Å². The van der Waals surface area contributed by atoms with Crippen molar-refractivity contribution in [3.8, 4) is 0 Å². The summed E-state index contributed by atoms with van der Waals surface area (Å²) < 4.78 is 6.06. The molecule has 8 heteroatoms. The summed E-state index contributed by atoms with van der Waals surface area (Å²) in [5.41, 5.74) is 2.83. The van der Waals surface area contributed by atoms with Crippen molar-refractivity contribution in [3.05, 3.63) is 23.7 Å². The molecule has 0 aliphatic rings. The topological polar surface area (TPSA) is 66.3 Å². The Labute approximate surface area is 127 Å². The van der Waals surface area contributed by atoms with E-state index in [9.17, 15) is 0 Å². The van der Waals surface area contributed by atoms with Crippen LogP contribution in [0.3, 0.4) is 0 Å². The summed E-state index contributed by atoms with van der Waals surface area (Å²) >= 11 is 6.07. The number of aromatic nitrogens is 7. The number of hydrogen-bond acceptors (Lipinski definition) is 4. The molecule has 3 aromatic rings. The van der Waals surface area contributed by atoms with Gasteiger partial charge in [-0.2, -0.15) is 5.10 Å². The molecule has 0 fully saturated rings. The van der Waals surface area contributed by atoms with E-state index < -0.39 is 0 Å². The first-order valence-corrected chi connectivity index (χ1v) is 7.58. The molecule has 0 spiro atoms. The molecule has 7 nitrogen and oxygen atoms in total.